The standard InChI is InChI=1S/C25H22F2N6O/c1-14(2)25-31-23(32-34-25)15-5-7-33(8-6-15)24-20-11-18(26)10-19(22(20)29-13-30-24)16-3-4-17(12-28)21(27)9-16/h3-4,9-11,13-15H,5-8H2,1-2H3. The summed E-state index contributed by atoms with van der Waals surface area (Å²) in [6, 6.07) is 8.75. The molecule has 0 saturated carbocycles. The van der Waals surface area contributed by atoms with Crippen molar-refractivity contribution in [1.82, 2.24) is 20.1 Å². The minimum absolute atomic E-state index is 0.0650. The Morgan fingerprint density at radius 3 is 2.59 bits per heavy atom. The van der Waals surface area contributed by atoms with Crippen LogP contribution in [0, 0.1) is 23.0 Å². The number of nitrogens with zero attached hydrogens (tertiary/aromatic N) is 6. The van der Waals surface area contributed by atoms with E-state index >= 15 is 0 Å². The minimum Gasteiger partial charge on any atom is -0.356 e. The summed E-state index contributed by atoms with van der Waals surface area (Å²) in [6.07, 6.45) is 3.07. The van der Waals surface area contributed by atoms with Crippen molar-refractivity contribution in [1.29, 1.82) is 5.26 Å². The molecule has 1 saturated heterocycles. The molecule has 0 aliphatic carbocycles. The highest BCUT2D eigenvalue weighted by molar-refractivity contribution is 5.99. The van der Waals surface area contributed by atoms with Gasteiger partial charge in [-0.2, -0.15) is 10.2 Å². The van der Waals surface area contributed by atoms with E-state index in [1.54, 1.807) is 12.1 Å². The van der Waals surface area contributed by atoms with Gasteiger partial charge in [-0.05, 0) is 42.7 Å². The lowest BCUT2D eigenvalue weighted by Crippen LogP contribution is -2.34. The van der Waals surface area contributed by atoms with E-state index < -0.39 is 11.6 Å². The zero-order chi connectivity index (χ0) is 23.8. The number of aromatic nitrogens is 4. The van der Waals surface area contributed by atoms with Gasteiger partial charge in [0.25, 0.3) is 0 Å². The molecule has 1 fully saturated rings. The van der Waals surface area contributed by atoms with Crippen molar-refractivity contribution in [2.45, 2.75) is 38.5 Å². The molecule has 3 heterocycles. The van der Waals surface area contributed by atoms with Gasteiger partial charge in [0.05, 0.1) is 11.1 Å². The number of anilines is 1. The van der Waals surface area contributed by atoms with Gasteiger partial charge < -0.3 is 9.42 Å². The Kier molecular flexibility index (Phi) is 5.65. The maximum Gasteiger partial charge on any atom is 0.229 e. The molecule has 2 aromatic heterocycles. The number of nitriles is 1. The molecular weight excluding hydrogens is 438 g/mol. The second-order valence-electron chi connectivity index (χ2n) is 8.76. The highest BCUT2D eigenvalue weighted by Gasteiger charge is 2.27. The zero-order valence-corrected chi connectivity index (χ0v) is 18.8. The molecule has 2 aromatic carbocycles. The molecule has 0 unspecified atom stereocenters. The van der Waals surface area contributed by atoms with Gasteiger partial charge in [0.15, 0.2) is 5.82 Å². The van der Waals surface area contributed by atoms with Gasteiger partial charge in [0.1, 0.15) is 29.8 Å². The van der Waals surface area contributed by atoms with E-state index in [4.69, 9.17) is 9.78 Å². The summed E-state index contributed by atoms with van der Waals surface area (Å²) in [5, 5.41) is 13.7. The summed E-state index contributed by atoms with van der Waals surface area (Å²) in [5.41, 5.74) is 1.36. The summed E-state index contributed by atoms with van der Waals surface area (Å²) in [6.45, 7) is 5.42. The van der Waals surface area contributed by atoms with Crippen molar-refractivity contribution >= 4 is 16.7 Å². The Hall–Kier alpha value is -3.93. The Bertz CT molecular complexity index is 1400. The predicted octanol–water partition coefficient (Wildman–Crippen LogP) is 5.34. The fraction of sp³-hybridized carbons (Fsp3) is 0.320. The third-order valence-corrected chi connectivity index (χ3v) is 6.19. The molecule has 34 heavy (non-hydrogen) atoms. The second kappa shape index (κ2) is 8.78. The number of rotatable bonds is 4. The van der Waals surface area contributed by atoms with Crippen molar-refractivity contribution in [2.75, 3.05) is 18.0 Å². The van der Waals surface area contributed by atoms with Crippen molar-refractivity contribution in [3.05, 3.63) is 65.6 Å². The largest absolute Gasteiger partial charge is 0.356 e. The van der Waals surface area contributed by atoms with E-state index in [2.05, 4.69) is 25.0 Å². The molecule has 0 atom stereocenters. The van der Waals surface area contributed by atoms with E-state index in [0.29, 0.717) is 46.8 Å². The van der Waals surface area contributed by atoms with E-state index in [-0.39, 0.29) is 17.4 Å². The smallest absolute Gasteiger partial charge is 0.229 e. The van der Waals surface area contributed by atoms with Gasteiger partial charge in [-0.25, -0.2) is 18.7 Å². The number of piperidine rings is 1. The highest BCUT2D eigenvalue weighted by atomic mass is 19.1. The molecule has 0 N–H and O–H groups in total. The van der Waals surface area contributed by atoms with Crippen LogP contribution in [0.25, 0.3) is 22.0 Å². The molecule has 172 valence electrons. The Balaban J connectivity index is 1.46. The molecule has 0 amide bonds. The van der Waals surface area contributed by atoms with E-state index in [1.807, 2.05) is 13.8 Å². The molecule has 7 nitrogen and oxygen atoms in total. The number of halogens is 2. The third kappa shape index (κ3) is 3.96. The third-order valence-electron chi connectivity index (χ3n) is 6.19. The lowest BCUT2D eigenvalue weighted by molar-refractivity contribution is 0.353. The predicted molar refractivity (Wildman–Crippen MR) is 122 cm³/mol. The maximum absolute atomic E-state index is 14.7. The molecule has 0 spiro atoms. The molecule has 4 aromatic rings. The minimum atomic E-state index is -0.657. The summed E-state index contributed by atoms with van der Waals surface area (Å²) in [4.78, 5) is 15.5. The van der Waals surface area contributed by atoms with Crippen LogP contribution in [0.15, 0.2) is 41.2 Å². The molecule has 1 aliphatic rings. The second-order valence-corrected chi connectivity index (χ2v) is 8.76. The Morgan fingerprint density at radius 2 is 1.91 bits per heavy atom. The van der Waals surface area contributed by atoms with Crippen LogP contribution in [0.4, 0.5) is 14.6 Å². The van der Waals surface area contributed by atoms with E-state index in [1.165, 1.54) is 30.6 Å². The molecule has 0 bridgehead atoms. The van der Waals surface area contributed by atoms with Gasteiger partial charge in [0, 0.05) is 35.9 Å². The fourth-order valence-corrected chi connectivity index (χ4v) is 4.36. The number of hydrogen-bond donors (Lipinski definition) is 0. The van der Waals surface area contributed by atoms with Crippen LogP contribution >= 0.6 is 0 Å². The molecule has 9 heteroatoms. The van der Waals surface area contributed by atoms with Gasteiger partial charge in [-0.1, -0.05) is 25.1 Å². The quantitative estimate of drug-likeness (QED) is 0.406. The maximum atomic E-state index is 14.7. The highest BCUT2D eigenvalue weighted by Crippen LogP contribution is 2.36. The van der Waals surface area contributed by atoms with E-state index in [0.717, 1.165) is 18.7 Å². The molecule has 5 rings (SSSR count). The van der Waals surface area contributed by atoms with E-state index in [9.17, 15) is 8.78 Å². The number of fused-ring (bicyclic) bond motifs is 1. The van der Waals surface area contributed by atoms with Crippen molar-refractivity contribution in [3.8, 4) is 17.2 Å². The van der Waals surface area contributed by atoms with Gasteiger partial charge >= 0.3 is 0 Å². The van der Waals surface area contributed by atoms with Crippen LogP contribution < -0.4 is 4.90 Å². The Labute approximate surface area is 195 Å². The van der Waals surface area contributed by atoms with Crippen LogP contribution in [-0.4, -0.2) is 33.2 Å². The Morgan fingerprint density at radius 1 is 1.12 bits per heavy atom. The van der Waals surface area contributed by atoms with Gasteiger partial charge in [-0.15, -0.1) is 0 Å². The van der Waals surface area contributed by atoms with Crippen molar-refractivity contribution in [3.63, 3.8) is 0 Å². The lowest BCUT2D eigenvalue weighted by atomic mass is 9.95. The summed E-state index contributed by atoms with van der Waals surface area (Å²) >= 11 is 0. The average molecular weight is 460 g/mol. The normalized spacial score (nSPS) is 14.6. The summed E-state index contributed by atoms with van der Waals surface area (Å²) in [7, 11) is 0. The topological polar surface area (TPSA) is 91.7 Å². The number of hydrogen-bond acceptors (Lipinski definition) is 7. The SMILES string of the molecule is CC(C)c1nc(C2CCN(c3ncnc4c(-c5ccc(C#N)c(F)c5)cc(F)cc34)CC2)no1. The first-order valence-electron chi connectivity index (χ1n) is 11.2. The van der Waals surface area contributed by atoms with Crippen LogP contribution in [-0.2, 0) is 0 Å². The van der Waals surface area contributed by atoms with Crippen LogP contribution in [0.2, 0.25) is 0 Å². The summed E-state index contributed by atoms with van der Waals surface area (Å²) in [5.74, 6) is 1.25. The van der Waals surface area contributed by atoms with Crippen molar-refractivity contribution in [2.24, 2.45) is 0 Å². The van der Waals surface area contributed by atoms with Crippen LogP contribution in [0.3, 0.4) is 0 Å². The van der Waals surface area contributed by atoms with Crippen LogP contribution in [0.5, 0.6) is 0 Å². The molecular formula is C25H22F2N6O. The molecule has 0 radical (unpaired) electrons. The summed E-state index contributed by atoms with van der Waals surface area (Å²) < 4.78 is 34.3. The number of benzene rings is 2. The van der Waals surface area contributed by atoms with Gasteiger partial charge in [0.2, 0.25) is 5.89 Å². The lowest BCUT2D eigenvalue weighted by Gasteiger charge is -2.32. The zero-order valence-electron chi connectivity index (χ0n) is 18.8. The molecule has 1 aliphatic heterocycles. The average Bonchev–Trinajstić information content (AvgIpc) is 3.34. The first-order valence-corrected chi connectivity index (χ1v) is 11.2. The fourth-order valence-electron chi connectivity index (χ4n) is 4.36. The first kappa shape index (κ1) is 21.9. The first-order chi connectivity index (χ1) is 16.4. The van der Waals surface area contributed by atoms with Gasteiger partial charge in [-0.3, -0.25) is 0 Å². The van der Waals surface area contributed by atoms with Crippen LogP contribution in [0.1, 0.15) is 55.8 Å². The monoisotopic (exact) mass is 460 g/mol. The van der Waals surface area contributed by atoms with Crippen molar-refractivity contribution < 1.29 is 13.3 Å².